The summed E-state index contributed by atoms with van der Waals surface area (Å²) in [7, 11) is 1.55. The van der Waals surface area contributed by atoms with Crippen LogP contribution in [0.5, 0.6) is 0 Å². The van der Waals surface area contributed by atoms with Crippen molar-refractivity contribution in [2.24, 2.45) is 0 Å². The third kappa shape index (κ3) is 3.58. The maximum Gasteiger partial charge on any atom is 0.318 e. The summed E-state index contributed by atoms with van der Waals surface area (Å²) in [6.45, 7) is 1.96. The third-order valence-electron chi connectivity index (χ3n) is 2.59. The second-order valence-corrected chi connectivity index (χ2v) is 5.43. The summed E-state index contributed by atoms with van der Waals surface area (Å²) in [4.78, 5) is 24.9. The highest BCUT2D eigenvalue weighted by Gasteiger charge is 2.08. The summed E-state index contributed by atoms with van der Waals surface area (Å²) in [5.74, 6) is -0.130. The van der Waals surface area contributed by atoms with Crippen molar-refractivity contribution in [3.8, 4) is 0 Å². The second-order valence-electron chi connectivity index (χ2n) is 4.15. The van der Waals surface area contributed by atoms with Gasteiger partial charge >= 0.3 is 6.03 Å². The zero-order valence-electron chi connectivity index (χ0n) is 11.2. The van der Waals surface area contributed by atoms with Gasteiger partial charge in [-0.1, -0.05) is 0 Å². The van der Waals surface area contributed by atoms with E-state index in [9.17, 15) is 9.59 Å². The van der Waals surface area contributed by atoms with E-state index in [0.29, 0.717) is 16.3 Å². The van der Waals surface area contributed by atoms with E-state index in [1.165, 1.54) is 11.3 Å². The molecule has 0 fully saturated rings. The maximum atomic E-state index is 12.0. The van der Waals surface area contributed by atoms with Crippen LogP contribution in [-0.4, -0.2) is 19.0 Å². The number of hydrogen-bond acceptors (Lipinski definition) is 3. The van der Waals surface area contributed by atoms with E-state index in [4.69, 9.17) is 0 Å². The van der Waals surface area contributed by atoms with E-state index in [1.807, 2.05) is 13.0 Å². The number of nitrogens with one attached hydrogen (secondary N) is 3. The normalized spacial score (nSPS) is 9.90. The van der Waals surface area contributed by atoms with Crippen molar-refractivity contribution in [3.05, 3.63) is 46.2 Å². The summed E-state index contributed by atoms with van der Waals surface area (Å²) < 4.78 is 0. The Morgan fingerprint density at radius 3 is 2.05 bits per heavy atom. The molecule has 0 aliphatic rings. The number of carbonyl (C=O) groups is 2. The lowest BCUT2D eigenvalue weighted by atomic mass is 10.2. The van der Waals surface area contributed by atoms with Crippen molar-refractivity contribution in [1.82, 2.24) is 5.32 Å². The lowest BCUT2D eigenvalue weighted by molar-refractivity contribution is 0.103. The van der Waals surface area contributed by atoms with Gasteiger partial charge in [-0.2, -0.15) is 0 Å². The van der Waals surface area contributed by atoms with Gasteiger partial charge < -0.3 is 16.0 Å². The Bertz CT molecular complexity index is 620. The molecule has 0 bridgehead atoms. The third-order valence-corrected chi connectivity index (χ3v) is 3.59. The van der Waals surface area contributed by atoms with Crippen LogP contribution in [0.25, 0.3) is 0 Å². The molecular weight excluding hydrogens is 274 g/mol. The Labute approximate surface area is 121 Å². The van der Waals surface area contributed by atoms with Gasteiger partial charge in [-0.15, -0.1) is 11.3 Å². The SMILES string of the molecule is CNC(=O)Nc1ccc(NC(=O)c2ccc(C)s2)cc1. The molecule has 104 valence electrons. The van der Waals surface area contributed by atoms with E-state index in [0.717, 1.165) is 4.88 Å². The number of rotatable bonds is 3. The molecule has 2 rings (SSSR count). The average molecular weight is 289 g/mol. The van der Waals surface area contributed by atoms with Crippen LogP contribution in [0.1, 0.15) is 14.5 Å². The first kappa shape index (κ1) is 14.1. The molecule has 0 atom stereocenters. The summed E-state index contributed by atoms with van der Waals surface area (Å²) in [6, 6.07) is 10.4. The van der Waals surface area contributed by atoms with Crippen LogP contribution in [0, 0.1) is 6.92 Å². The van der Waals surface area contributed by atoms with Gasteiger partial charge in [0.25, 0.3) is 5.91 Å². The Morgan fingerprint density at radius 2 is 1.55 bits per heavy atom. The number of amides is 3. The molecule has 1 heterocycles. The molecule has 0 aliphatic heterocycles. The van der Waals surface area contributed by atoms with E-state index < -0.39 is 0 Å². The minimum atomic E-state index is -0.282. The Kier molecular flexibility index (Phi) is 4.37. The minimum absolute atomic E-state index is 0.130. The predicted molar refractivity (Wildman–Crippen MR) is 81.5 cm³/mol. The van der Waals surface area contributed by atoms with Crippen molar-refractivity contribution in [3.63, 3.8) is 0 Å². The lowest BCUT2D eigenvalue weighted by Gasteiger charge is -2.06. The Hall–Kier alpha value is -2.34. The number of benzene rings is 1. The van der Waals surface area contributed by atoms with Crippen LogP contribution in [0.3, 0.4) is 0 Å². The molecule has 1 aromatic heterocycles. The fourth-order valence-electron chi connectivity index (χ4n) is 1.58. The van der Waals surface area contributed by atoms with Gasteiger partial charge in [-0.25, -0.2) is 4.79 Å². The smallest absolute Gasteiger partial charge is 0.318 e. The first-order valence-electron chi connectivity index (χ1n) is 6.05. The number of thiophene rings is 1. The molecule has 5 nitrogen and oxygen atoms in total. The largest absolute Gasteiger partial charge is 0.341 e. The number of urea groups is 1. The second kappa shape index (κ2) is 6.21. The van der Waals surface area contributed by atoms with Gasteiger partial charge in [0.15, 0.2) is 0 Å². The van der Waals surface area contributed by atoms with E-state index in [2.05, 4.69) is 16.0 Å². The zero-order valence-corrected chi connectivity index (χ0v) is 12.0. The molecule has 6 heteroatoms. The molecule has 3 N–H and O–H groups in total. The fourth-order valence-corrected chi connectivity index (χ4v) is 2.34. The fraction of sp³-hybridized carbons (Fsp3) is 0.143. The molecule has 1 aromatic carbocycles. The highest BCUT2D eigenvalue weighted by atomic mass is 32.1. The van der Waals surface area contributed by atoms with Gasteiger partial charge in [-0.3, -0.25) is 4.79 Å². The Morgan fingerprint density at radius 1 is 0.950 bits per heavy atom. The van der Waals surface area contributed by atoms with Crippen molar-refractivity contribution in [2.75, 3.05) is 17.7 Å². The molecule has 0 radical (unpaired) electrons. The van der Waals surface area contributed by atoms with Crippen molar-refractivity contribution in [1.29, 1.82) is 0 Å². The van der Waals surface area contributed by atoms with Gasteiger partial charge in [0.2, 0.25) is 0 Å². The summed E-state index contributed by atoms with van der Waals surface area (Å²) in [5, 5.41) is 7.92. The zero-order chi connectivity index (χ0) is 14.5. The molecule has 20 heavy (non-hydrogen) atoms. The molecule has 0 saturated carbocycles. The van der Waals surface area contributed by atoms with Gasteiger partial charge in [0.1, 0.15) is 0 Å². The summed E-state index contributed by atoms with van der Waals surface area (Å²) in [5.41, 5.74) is 1.35. The Balaban J connectivity index is 2.00. The topological polar surface area (TPSA) is 70.2 Å². The van der Waals surface area contributed by atoms with Crippen LogP contribution in [0.2, 0.25) is 0 Å². The van der Waals surface area contributed by atoms with Crippen molar-refractivity contribution < 1.29 is 9.59 Å². The maximum absolute atomic E-state index is 12.0. The van der Waals surface area contributed by atoms with E-state index in [1.54, 1.807) is 37.4 Å². The molecule has 0 spiro atoms. The van der Waals surface area contributed by atoms with Gasteiger partial charge in [0, 0.05) is 23.3 Å². The molecule has 3 amide bonds. The summed E-state index contributed by atoms with van der Waals surface area (Å²) >= 11 is 1.45. The minimum Gasteiger partial charge on any atom is -0.341 e. The van der Waals surface area contributed by atoms with Crippen molar-refractivity contribution >= 4 is 34.6 Å². The highest BCUT2D eigenvalue weighted by Crippen LogP contribution is 2.18. The van der Waals surface area contributed by atoms with Gasteiger partial charge in [0.05, 0.1) is 4.88 Å². The average Bonchev–Trinajstić information content (AvgIpc) is 2.87. The lowest BCUT2D eigenvalue weighted by Crippen LogP contribution is -2.24. The van der Waals surface area contributed by atoms with Gasteiger partial charge in [-0.05, 0) is 43.3 Å². The molecule has 0 unspecified atom stereocenters. The van der Waals surface area contributed by atoms with Crippen LogP contribution in [0.4, 0.5) is 16.2 Å². The van der Waals surface area contributed by atoms with Crippen LogP contribution >= 0.6 is 11.3 Å². The molecular formula is C14H15N3O2S. The number of carbonyl (C=O) groups excluding carboxylic acids is 2. The van der Waals surface area contributed by atoms with Crippen LogP contribution in [0.15, 0.2) is 36.4 Å². The monoisotopic (exact) mass is 289 g/mol. The molecule has 2 aromatic rings. The highest BCUT2D eigenvalue weighted by molar-refractivity contribution is 7.14. The van der Waals surface area contributed by atoms with Crippen molar-refractivity contribution in [2.45, 2.75) is 6.92 Å². The first-order chi connectivity index (χ1) is 9.58. The van der Waals surface area contributed by atoms with E-state index in [-0.39, 0.29) is 11.9 Å². The standard InChI is InChI=1S/C14H15N3O2S/c1-9-3-8-12(20-9)13(18)16-10-4-6-11(7-5-10)17-14(19)15-2/h3-8H,1-2H3,(H,16,18)(H2,15,17,19). The molecule has 0 aliphatic carbocycles. The quantitative estimate of drug-likeness (QED) is 0.812. The predicted octanol–water partition coefficient (Wildman–Crippen LogP) is 3.06. The number of hydrogen-bond donors (Lipinski definition) is 3. The summed E-state index contributed by atoms with van der Waals surface area (Å²) in [6.07, 6.45) is 0. The van der Waals surface area contributed by atoms with E-state index >= 15 is 0 Å². The number of anilines is 2. The molecule has 0 saturated heterocycles. The van der Waals surface area contributed by atoms with Crippen LogP contribution in [-0.2, 0) is 0 Å². The first-order valence-corrected chi connectivity index (χ1v) is 6.87. The number of aryl methyl sites for hydroxylation is 1. The van der Waals surface area contributed by atoms with Crippen LogP contribution < -0.4 is 16.0 Å².